The van der Waals surface area contributed by atoms with Crippen LogP contribution in [0.3, 0.4) is 0 Å². The van der Waals surface area contributed by atoms with Crippen molar-refractivity contribution in [3.8, 4) is 11.5 Å². The molecule has 106 valence electrons. The van der Waals surface area contributed by atoms with Crippen molar-refractivity contribution in [2.45, 2.75) is 32.9 Å². The van der Waals surface area contributed by atoms with Crippen molar-refractivity contribution in [3.63, 3.8) is 0 Å². The number of hydrogen-bond donors (Lipinski definition) is 1. The molecule has 0 radical (unpaired) electrons. The van der Waals surface area contributed by atoms with E-state index in [-0.39, 0.29) is 5.54 Å². The average molecular weight is 311 g/mol. The third kappa shape index (κ3) is 4.13. The van der Waals surface area contributed by atoms with E-state index in [1.54, 1.807) is 18.5 Å². The molecule has 0 aromatic carbocycles. The maximum atomic E-state index is 6.09. The van der Waals surface area contributed by atoms with Crippen LogP contribution in [0.5, 0.6) is 0 Å². The Morgan fingerprint density at radius 1 is 1.05 bits per heavy atom. The van der Waals surface area contributed by atoms with Crippen LogP contribution in [0.1, 0.15) is 26.3 Å². The fraction of sp³-hybridized carbons (Fsp3) is 0.357. The molecule has 2 rings (SSSR count). The molecule has 0 bridgehead atoms. The van der Waals surface area contributed by atoms with E-state index in [4.69, 9.17) is 23.2 Å². The topological polar surface area (TPSA) is 50.7 Å². The lowest BCUT2D eigenvalue weighted by Crippen LogP contribution is -2.35. The van der Waals surface area contributed by atoms with Crippen molar-refractivity contribution in [1.29, 1.82) is 0 Å². The molecule has 0 amide bonds. The van der Waals surface area contributed by atoms with Crippen LogP contribution in [0.25, 0.3) is 11.5 Å². The second-order valence-corrected chi connectivity index (χ2v) is 6.35. The number of nitrogens with one attached hydrogen (secondary N) is 1. The minimum atomic E-state index is 0.0553. The van der Waals surface area contributed by atoms with Gasteiger partial charge in [-0.25, -0.2) is 15.0 Å². The van der Waals surface area contributed by atoms with Crippen molar-refractivity contribution in [1.82, 2.24) is 20.3 Å². The van der Waals surface area contributed by atoms with Gasteiger partial charge in [-0.15, -0.1) is 0 Å². The lowest BCUT2D eigenvalue weighted by Gasteiger charge is -2.20. The van der Waals surface area contributed by atoms with Crippen molar-refractivity contribution < 1.29 is 0 Å². The molecule has 4 nitrogen and oxygen atoms in total. The van der Waals surface area contributed by atoms with Crippen molar-refractivity contribution in [3.05, 3.63) is 40.3 Å². The molecule has 0 aliphatic rings. The van der Waals surface area contributed by atoms with E-state index >= 15 is 0 Å². The van der Waals surface area contributed by atoms with Crippen molar-refractivity contribution in [2.24, 2.45) is 0 Å². The van der Waals surface area contributed by atoms with Crippen LogP contribution in [0.2, 0.25) is 10.0 Å². The molecule has 2 aromatic heterocycles. The molecule has 6 heteroatoms. The van der Waals surface area contributed by atoms with Gasteiger partial charge >= 0.3 is 0 Å². The van der Waals surface area contributed by atoms with Gasteiger partial charge in [-0.05, 0) is 26.8 Å². The summed E-state index contributed by atoms with van der Waals surface area (Å²) in [7, 11) is 0. The van der Waals surface area contributed by atoms with Gasteiger partial charge in [0.25, 0.3) is 0 Å². The van der Waals surface area contributed by atoms with E-state index in [2.05, 4.69) is 41.0 Å². The summed E-state index contributed by atoms with van der Waals surface area (Å²) in [5, 5.41) is 4.31. The number of rotatable bonds is 3. The fourth-order valence-electron chi connectivity index (χ4n) is 1.51. The molecule has 0 aliphatic carbocycles. The highest BCUT2D eigenvalue weighted by atomic mass is 35.5. The predicted octanol–water partition coefficient (Wildman–Crippen LogP) is 3.73. The third-order valence-corrected chi connectivity index (χ3v) is 3.04. The summed E-state index contributed by atoms with van der Waals surface area (Å²) >= 11 is 11.9. The van der Waals surface area contributed by atoms with Gasteiger partial charge in [0.2, 0.25) is 0 Å². The van der Waals surface area contributed by atoms with Gasteiger partial charge in [-0.1, -0.05) is 23.2 Å². The van der Waals surface area contributed by atoms with Gasteiger partial charge in [-0.3, -0.25) is 0 Å². The van der Waals surface area contributed by atoms with Gasteiger partial charge < -0.3 is 5.32 Å². The first kappa shape index (κ1) is 15.2. The molecule has 0 atom stereocenters. The van der Waals surface area contributed by atoms with Crippen LogP contribution >= 0.6 is 23.2 Å². The molecule has 0 saturated heterocycles. The molecule has 0 saturated carbocycles. The van der Waals surface area contributed by atoms with Gasteiger partial charge in [0, 0.05) is 36.2 Å². The zero-order valence-electron chi connectivity index (χ0n) is 11.6. The minimum absolute atomic E-state index is 0.0553. The molecule has 1 N–H and O–H groups in total. The van der Waals surface area contributed by atoms with Crippen LogP contribution in [-0.2, 0) is 6.54 Å². The SMILES string of the molecule is CC(C)(C)NCc1cnc(-c2ncc(Cl)cc2Cl)nc1. The van der Waals surface area contributed by atoms with Crippen LogP contribution in [0.4, 0.5) is 0 Å². The Kier molecular flexibility index (Phi) is 4.58. The summed E-state index contributed by atoms with van der Waals surface area (Å²) in [6.45, 7) is 7.05. The average Bonchev–Trinajstić information content (AvgIpc) is 2.36. The van der Waals surface area contributed by atoms with Gasteiger partial charge in [0.1, 0.15) is 5.69 Å². The number of hydrogen-bond acceptors (Lipinski definition) is 4. The van der Waals surface area contributed by atoms with E-state index in [1.165, 1.54) is 6.20 Å². The maximum Gasteiger partial charge on any atom is 0.179 e. The monoisotopic (exact) mass is 310 g/mol. The smallest absolute Gasteiger partial charge is 0.179 e. The zero-order chi connectivity index (χ0) is 14.8. The summed E-state index contributed by atoms with van der Waals surface area (Å²) in [5.41, 5.74) is 1.60. The Morgan fingerprint density at radius 3 is 2.25 bits per heavy atom. The van der Waals surface area contributed by atoms with Gasteiger partial charge in [0.05, 0.1) is 10.0 Å². The zero-order valence-corrected chi connectivity index (χ0v) is 13.1. The maximum absolute atomic E-state index is 6.09. The molecule has 0 spiro atoms. The lowest BCUT2D eigenvalue weighted by atomic mass is 10.1. The van der Waals surface area contributed by atoms with Crippen LogP contribution in [0, 0.1) is 0 Å². The Morgan fingerprint density at radius 2 is 1.70 bits per heavy atom. The summed E-state index contributed by atoms with van der Waals surface area (Å²) in [6, 6.07) is 1.63. The molecule has 0 unspecified atom stereocenters. The summed E-state index contributed by atoms with van der Waals surface area (Å²) in [5.74, 6) is 0.492. The molecule has 0 aliphatic heterocycles. The minimum Gasteiger partial charge on any atom is -0.308 e. The van der Waals surface area contributed by atoms with Crippen LogP contribution in [0.15, 0.2) is 24.7 Å². The van der Waals surface area contributed by atoms with Gasteiger partial charge in [0.15, 0.2) is 5.82 Å². The van der Waals surface area contributed by atoms with Crippen LogP contribution in [-0.4, -0.2) is 20.5 Å². The Labute approximate surface area is 128 Å². The third-order valence-electron chi connectivity index (χ3n) is 2.55. The van der Waals surface area contributed by atoms with Crippen molar-refractivity contribution >= 4 is 23.2 Å². The number of halogens is 2. The van der Waals surface area contributed by atoms with E-state index < -0.39 is 0 Å². The molecule has 2 heterocycles. The van der Waals surface area contributed by atoms with Crippen LogP contribution < -0.4 is 5.32 Å². The van der Waals surface area contributed by atoms with E-state index in [9.17, 15) is 0 Å². The van der Waals surface area contributed by atoms with E-state index in [0.29, 0.717) is 28.1 Å². The summed E-state index contributed by atoms with van der Waals surface area (Å²) < 4.78 is 0. The fourth-order valence-corrected chi connectivity index (χ4v) is 1.98. The second kappa shape index (κ2) is 6.04. The first-order chi connectivity index (χ1) is 9.35. The largest absolute Gasteiger partial charge is 0.308 e. The van der Waals surface area contributed by atoms with Gasteiger partial charge in [-0.2, -0.15) is 0 Å². The normalized spacial score (nSPS) is 11.7. The Bertz CT molecular complexity index is 591. The number of aromatic nitrogens is 3. The summed E-state index contributed by atoms with van der Waals surface area (Å²) in [4.78, 5) is 12.8. The first-order valence-corrected chi connectivity index (χ1v) is 6.98. The Balaban J connectivity index is 2.15. The molecular weight excluding hydrogens is 295 g/mol. The first-order valence-electron chi connectivity index (χ1n) is 6.22. The quantitative estimate of drug-likeness (QED) is 0.938. The number of pyridine rings is 1. The molecular formula is C14H16Cl2N4. The van der Waals surface area contributed by atoms with E-state index in [0.717, 1.165) is 5.56 Å². The highest BCUT2D eigenvalue weighted by Crippen LogP contribution is 2.25. The highest BCUT2D eigenvalue weighted by molar-refractivity contribution is 6.35. The lowest BCUT2D eigenvalue weighted by molar-refractivity contribution is 0.423. The second-order valence-electron chi connectivity index (χ2n) is 5.50. The molecule has 0 fully saturated rings. The number of nitrogens with zero attached hydrogens (tertiary/aromatic N) is 3. The highest BCUT2D eigenvalue weighted by Gasteiger charge is 2.11. The molecule has 20 heavy (non-hydrogen) atoms. The Hall–Kier alpha value is -1.23. The van der Waals surface area contributed by atoms with E-state index in [1.807, 2.05) is 0 Å². The standard InChI is InChI=1S/C14H16Cl2N4/c1-14(2,3)20-7-9-5-18-13(19-6-9)12-11(16)4-10(15)8-17-12/h4-6,8,20H,7H2,1-3H3. The summed E-state index contributed by atoms with van der Waals surface area (Å²) in [6.07, 6.45) is 5.07. The predicted molar refractivity (Wildman–Crippen MR) is 81.9 cm³/mol. The van der Waals surface area contributed by atoms with Crippen molar-refractivity contribution in [2.75, 3.05) is 0 Å². The molecule has 2 aromatic rings.